The average Bonchev–Trinajstić information content (AvgIpc) is 2.71. The van der Waals surface area contributed by atoms with E-state index in [2.05, 4.69) is 53.6 Å². The fraction of sp³-hybridized carbons (Fsp3) is 0.458. The summed E-state index contributed by atoms with van der Waals surface area (Å²) in [5, 5.41) is 6.65. The number of hydrogen-bond acceptors (Lipinski definition) is 5. The van der Waals surface area contributed by atoms with E-state index in [4.69, 9.17) is 21.1 Å². The van der Waals surface area contributed by atoms with Crippen molar-refractivity contribution in [1.82, 2.24) is 5.32 Å². The molecule has 2 aromatic rings. The number of benzene rings is 2. The van der Waals surface area contributed by atoms with Gasteiger partial charge in [0.05, 0.1) is 12.1 Å². The Hall–Kier alpha value is -2.60. The number of methoxy groups -OCH3 is 1. The number of ether oxygens (including phenoxy) is 2. The highest BCUT2D eigenvalue weighted by Gasteiger charge is 2.17. The van der Waals surface area contributed by atoms with Crippen LogP contribution in [0.2, 0.25) is 5.02 Å². The van der Waals surface area contributed by atoms with Crippen LogP contribution in [-0.4, -0.2) is 38.3 Å². The van der Waals surface area contributed by atoms with Crippen LogP contribution in [0.3, 0.4) is 0 Å². The van der Waals surface area contributed by atoms with Gasteiger partial charge in [-0.1, -0.05) is 11.6 Å². The molecule has 0 atom stereocenters. The lowest BCUT2D eigenvalue weighted by Crippen LogP contribution is -2.43. The van der Waals surface area contributed by atoms with E-state index in [9.17, 15) is 4.79 Å². The molecule has 0 aliphatic rings. The molecule has 0 unspecified atom stereocenters. The van der Waals surface area contributed by atoms with Gasteiger partial charge in [-0.3, -0.25) is 4.79 Å². The average molecular weight is 448 g/mol. The maximum atomic E-state index is 12.0. The van der Waals surface area contributed by atoms with Crippen molar-refractivity contribution in [2.45, 2.75) is 46.7 Å². The lowest BCUT2D eigenvalue weighted by atomic mass is 10.1. The first-order valence-electron chi connectivity index (χ1n) is 10.6. The van der Waals surface area contributed by atoms with Crippen molar-refractivity contribution in [1.29, 1.82) is 0 Å². The van der Waals surface area contributed by atoms with Crippen LogP contribution in [0.25, 0.3) is 0 Å². The van der Waals surface area contributed by atoms with Crippen LogP contribution >= 0.6 is 11.6 Å². The molecular formula is C24H34ClN3O3. The number of carbonyl (C=O) groups excluding carboxylic acids is 1. The van der Waals surface area contributed by atoms with Gasteiger partial charge in [-0.05, 0) is 76.6 Å². The summed E-state index contributed by atoms with van der Waals surface area (Å²) in [6.07, 6.45) is 0. The molecule has 0 saturated carbocycles. The second-order valence-corrected chi connectivity index (χ2v) is 8.68. The second-order valence-electron chi connectivity index (χ2n) is 8.27. The molecule has 0 heterocycles. The number of halogens is 1. The monoisotopic (exact) mass is 447 g/mol. The summed E-state index contributed by atoms with van der Waals surface area (Å²) in [6.45, 7) is 12.4. The van der Waals surface area contributed by atoms with Gasteiger partial charge in [0.25, 0.3) is 5.91 Å². The summed E-state index contributed by atoms with van der Waals surface area (Å²) >= 11 is 6.43. The van der Waals surface area contributed by atoms with Crippen LogP contribution in [0.15, 0.2) is 36.4 Å². The second kappa shape index (κ2) is 11.1. The number of carbonyl (C=O) groups is 1. The Morgan fingerprint density at radius 1 is 1.10 bits per heavy atom. The number of nitrogens with one attached hydrogen (secondary N) is 2. The standard InChI is InChI=1S/C24H34ClN3O3/c1-7-28(8-2)19-11-9-18(10-12-19)26-15-17-13-20(25)23(21(14-17)30-6)31-16-22(29)27-24(3,4)5/h9-14,26H,7-8,15-16H2,1-6H3,(H,27,29). The third-order valence-corrected chi connectivity index (χ3v) is 4.92. The Kier molecular flexibility index (Phi) is 8.87. The fourth-order valence-electron chi connectivity index (χ4n) is 3.19. The van der Waals surface area contributed by atoms with Crippen molar-refractivity contribution < 1.29 is 14.3 Å². The van der Waals surface area contributed by atoms with Crippen molar-refractivity contribution in [2.24, 2.45) is 0 Å². The molecule has 170 valence electrons. The van der Waals surface area contributed by atoms with E-state index >= 15 is 0 Å². The molecule has 2 rings (SSSR count). The van der Waals surface area contributed by atoms with Gasteiger partial charge < -0.3 is 25.0 Å². The van der Waals surface area contributed by atoms with Crippen LogP contribution < -0.4 is 25.0 Å². The molecule has 0 bridgehead atoms. The lowest BCUT2D eigenvalue weighted by molar-refractivity contribution is -0.124. The van der Waals surface area contributed by atoms with Crippen molar-refractivity contribution in [3.8, 4) is 11.5 Å². The molecule has 0 radical (unpaired) electrons. The molecule has 31 heavy (non-hydrogen) atoms. The Morgan fingerprint density at radius 2 is 1.74 bits per heavy atom. The number of amides is 1. The van der Waals surface area contributed by atoms with E-state index in [0.29, 0.717) is 23.1 Å². The van der Waals surface area contributed by atoms with E-state index in [0.717, 1.165) is 24.3 Å². The predicted octanol–water partition coefficient (Wildman–Crippen LogP) is 5.10. The number of hydrogen-bond donors (Lipinski definition) is 2. The van der Waals surface area contributed by atoms with E-state index in [1.807, 2.05) is 32.9 Å². The molecular weight excluding hydrogens is 414 g/mol. The molecule has 0 spiro atoms. The maximum Gasteiger partial charge on any atom is 0.258 e. The summed E-state index contributed by atoms with van der Waals surface area (Å²) in [5.41, 5.74) is 2.84. The first-order valence-corrected chi connectivity index (χ1v) is 10.9. The van der Waals surface area contributed by atoms with Gasteiger partial charge in [0.2, 0.25) is 0 Å². The number of rotatable bonds is 10. The normalized spacial score (nSPS) is 11.1. The summed E-state index contributed by atoms with van der Waals surface area (Å²) in [6, 6.07) is 12.0. The zero-order chi connectivity index (χ0) is 23.0. The first kappa shape index (κ1) is 24.7. The van der Waals surface area contributed by atoms with Crippen LogP contribution in [-0.2, 0) is 11.3 Å². The lowest BCUT2D eigenvalue weighted by Gasteiger charge is -2.21. The topological polar surface area (TPSA) is 62.8 Å². The van der Waals surface area contributed by atoms with Crippen LogP contribution in [0.5, 0.6) is 11.5 Å². The van der Waals surface area contributed by atoms with Crippen molar-refractivity contribution in [2.75, 3.05) is 37.0 Å². The Labute approximate surface area is 190 Å². The van der Waals surface area contributed by atoms with E-state index in [1.54, 1.807) is 7.11 Å². The van der Waals surface area contributed by atoms with E-state index < -0.39 is 0 Å². The van der Waals surface area contributed by atoms with Gasteiger partial charge in [-0.2, -0.15) is 0 Å². The van der Waals surface area contributed by atoms with Gasteiger partial charge in [-0.25, -0.2) is 0 Å². The number of anilines is 2. The zero-order valence-electron chi connectivity index (χ0n) is 19.3. The SMILES string of the molecule is CCN(CC)c1ccc(NCc2cc(Cl)c(OCC(=O)NC(C)(C)C)c(OC)c2)cc1. The van der Waals surface area contributed by atoms with Gasteiger partial charge in [-0.15, -0.1) is 0 Å². The Balaban J connectivity index is 2.03. The highest BCUT2D eigenvalue weighted by molar-refractivity contribution is 6.32. The van der Waals surface area contributed by atoms with Crippen molar-refractivity contribution in [3.63, 3.8) is 0 Å². The number of nitrogens with zero attached hydrogens (tertiary/aromatic N) is 1. The maximum absolute atomic E-state index is 12.0. The third-order valence-electron chi connectivity index (χ3n) is 4.64. The molecule has 0 aliphatic heterocycles. The molecule has 6 nitrogen and oxygen atoms in total. The van der Waals surface area contributed by atoms with Crippen molar-refractivity contribution in [3.05, 3.63) is 47.0 Å². The van der Waals surface area contributed by atoms with Gasteiger partial charge in [0.1, 0.15) is 0 Å². The predicted molar refractivity (Wildman–Crippen MR) is 129 cm³/mol. The van der Waals surface area contributed by atoms with Crippen LogP contribution in [0.1, 0.15) is 40.2 Å². The molecule has 2 N–H and O–H groups in total. The van der Waals surface area contributed by atoms with E-state index in [1.165, 1.54) is 5.69 Å². The Bertz CT molecular complexity index is 860. The molecule has 0 saturated heterocycles. The third kappa shape index (κ3) is 7.55. The Morgan fingerprint density at radius 3 is 2.29 bits per heavy atom. The van der Waals surface area contributed by atoms with Gasteiger partial charge in [0.15, 0.2) is 18.1 Å². The minimum Gasteiger partial charge on any atom is -0.493 e. The smallest absolute Gasteiger partial charge is 0.258 e. The van der Waals surface area contributed by atoms with E-state index in [-0.39, 0.29) is 18.1 Å². The minimum atomic E-state index is -0.326. The summed E-state index contributed by atoms with van der Waals surface area (Å²) < 4.78 is 11.1. The van der Waals surface area contributed by atoms with Crippen LogP contribution in [0, 0.1) is 0 Å². The molecule has 7 heteroatoms. The molecule has 2 aromatic carbocycles. The molecule has 0 fully saturated rings. The quantitative estimate of drug-likeness (QED) is 0.530. The van der Waals surface area contributed by atoms with Crippen molar-refractivity contribution >= 4 is 28.9 Å². The largest absolute Gasteiger partial charge is 0.493 e. The summed E-state index contributed by atoms with van der Waals surface area (Å²) in [4.78, 5) is 14.3. The molecule has 0 aliphatic carbocycles. The fourth-order valence-corrected chi connectivity index (χ4v) is 3.48. The van der Waals surface area contributed by atoms with Gasteiger partial charge in [0, 0.05) is 36.5 Å². The first-order chi connectivity index (χ1) is 14.7. The highest BCUT2D eigenvalue weighted by Crippen LogP contribution is 2.36. The highest BCUT2D eigenvalue weighted by atomic mass is 35.5. The zero-order valence-corrected chi connectivity index (χ0v) is 20.1. The summed E-state index contributed by atoms with van der Waals surface area (Å²) in [5.74, 6) is 0.634. The summed E-state index contributed by atoms with van der Waals surface area (Å²) in [7, 11) is 1.55. The minimum absolute atomic E-state index is 0.135. The molecule has 1 amide bonds. The van der Waals surface area contributed by atoms with Crippen LogP contribution in [0.4, 0.5) is 11.4 Å². The molecule has 0 aromatic heterocycles. The van der Waals surface area contributed by atoms with Gasteiger partial charge >= 0.3 is 0 Å².